The topological polar surface area (TPSA) is 64.1 Å². The van der Waals surface area contributed by atoms with Crippen molar-refractivity contribution in [3.8, 4) is 11.7 Å². The van der Waals surface area contributed by atoms with E-state index in [0.29, 0.717) is 22.8 Å². The molecule has 0 radical (unpaired) electrons. The summed E-state index contributed by atoms with van der Waals surface area (Å²) in [6, 6.07) is 4.11. The van der Waals surface area contributed by atoms with E-state index < -0.39 is 0 Å². The fourth-order valence-electron chi connectivity index (χ4n) is 1.72. The van der Waals surface area contributed by atoms with Crippen LogP contribution in [0.15, 0.2) is 21.0 Å². The van der Waals surface area contributed by atoms with Crippen molar-refractivity contribution in [1.82, 2.24) is 15.5 Å². The van der Waals surface area contributed by atoms with Gasteiger partial charge in [0.25, 0.3) is 5.89 Å². The molecule has 2 aromatic rings. The molecule has 0 amide bonds. The molecule has 96 valence electrons. The van der Waals surface area contributed by atoms with Crippen molar-refractivity contribution in [1.29, 1.82) is 0 Å². The average Bonchev–Trinajstić information content (AvgIpc) is 2.88. The Labute approximate surface area is 110 Å². The van der Waals surface area contributed by atoms with Crippen LogP contribution in [-0.4, -0.2) is 22.8 Å². The van der Waals surface area contributed by atoms with E-state index in [-0.39, 0.29) is 0 Å². The molecule has 3 rings (SSSR count). The van der Waals surface area contributed by atoms with E-state index in [1.807, 2.05) is 0 Å². The molecule has 2 heterocycles. The summed E-state index contributed by atoms with van der Waals surface area (Å²) in [5.74, 6) is 1.53. The van der Waals surface area contributed by atoms with Crippen molar-refractivity contribution in [2.75, 3.05) is 6.54 Å². The molecule has 1 aliphatic rings. The maximum absolute atomic E-state index is 5.69. The molecule has 18 heavy (non-hydrogen) atoms. The number of aromatic nitrogens is 2. The molecule has 2 aromatic heterocycles. The second-order valence-electron chi connectivity index (χ2n) is 4.44. The summed E-state index contributed by atoms with van der Waals surface area (Å²) in [5.41, 5.74) is 0. The number of hydrogen-bond donors (Lipinski definition) is 1. The lowest BCUT2D eigenvalue weighted by Crippen LogP contribution is -2.17. The molecule has 1 fully saturated rings. The monoisotopic (exact) mass is 267 g/mol. The molecule has 0 bridgehead atoms. The average molecular weight is 268 g/mol. The van der Waals surface area contributed by atoms with E-state index in [0.717, 1.165) is 25.4 Å². The Bertz CT molecular complexity index is 519. The van der Waals surface area contributed by atoms with Gasteiger partial charge in [-0.15, -0.1) is 10.2 Å². The first kappa shape index (κ1) is 11.7. The number of aryl methyl sites for hydroxylation is 1. The van der Waals surface area contributed by atoms with E-state index in [9.17, 15) is 0 Å². The second kappa shape index (κ2) is 5.12. The van der Waals surface area contributed by atoms with E-state index in [4.69, 9.17) is 20.4 Å². The van der Waals surface area contributed by atoms with Crippen molar-refractivity contribution in [3.63, 3.8) is 0 Å². The molecule has 0 aromatic carbocycles. The van der Waals surface area contributed by atoms with Crippen LogP contribution in [0.2, 0.25) is 5.22 Å². The maximum Gasteiger partial charge on any atom is 0.283 e. The zero-order valence-electron chi connectivity index (χ0n) is 9.86. The Kier molecular flexibility index (Phi) is 3.34. The minimum atomic E-state index is 0.318. The minimum Gasteiger partial charge on any atom is -0.440 e. The van der Waals surface area contributed by atoms with E-state index in [1.165, 1.54) is 12.8 Å². The van der Waals surface area contributed by atoms with Crippen molar-refractivity contribution >= 4 is 11.6 Å². The van der Waals surface area contributed by atoms with Crippen LogP contribution in [0.25, 0.3) is 11.7 Å². The molecule has 5 nitrogen and oxygen atoms in total. The molecule has 0 spiro atoms. The summed E-state index contributed by atoms with van der Waals surface area (Å²) in [6.45, 7) is 0.995. The van der Waals surface area contributed by atoms with Gasteiger partial charge in [0, 0.05) is 12.5 Å². The van der Waals surface area contributed by atoms with Crippen LogP contribution in [0.3, 0.4) is 0 Å². The molecular weight excluding hydrogens is 254 g/mol. The fraction of sp³-hybridized carbons (Fsp3) is 0.500. The number of nitrogens with one attached hydrogen (secondary N) is 1. The summed E-state index contributed by atoms with van der Waals surface area (Å²) < 4.78 is 10.7. The summed E-state index contributed by atoms with van der Waals surface area (Å²) in [4.78, 5) is 0. The van der Waals surface area contributed by atoms with Gasteiger partial charge in [-0.25, -0.2) is 0 Å². The van der Waals surface area contributed by atoms with Gasteiger partial charge < -0.3 is 14.2 Å². The summed E-state index contributed by atoms with van der Waals surface area (Å²) in [6.07, 6.45) is 4.39. The molecule has 1 aliphatic carbocycles. The van der Waals surface area contributed by atoms with Crippen molar-refractivity contribution in [3.05, 3.63) is 23.2 Å². The first-order valence-corrected chi connectivity index (χ1v) is 6.50. The normalized spacial score (nSPS) is 15.2. The van der Waals surface area contributed by atoms with Crippen LogP contribution in [0.5, 0.6) is 0 Å². The second-order valence-corrected chi connectivity index (χ2v) is 4.81. The van der Waals surface area contributed by atoms with Crippen LogP contribution in [0, 0.1) is 0 Å². The van der Waals surface area contributed by atoms with Crippen molar-refractivity contribution in [2.45, 2.75) is 31.7 Å². The summed E-state index contributed by atoms with van der Waals surface area (Å²) in [7, 11) is 0. The molecule has 1 saturated carbocycles. The number of rotatable bonds is 6. The van der Waals surface area contributed by atoms with Crippen LogP contribution >= 0.6 is 11.6 Å². The maximum atomic E-state index is 5.69. The highest BCUT2D eigenvalue weighted by Crippen LogP contribution is 2.23. The van der Waals surface area contributed by atoms with E-state index >= 15 is 0 Å². The first-order chi connectivity index (χ1) is 8.81. The van der Waals surface area contributed by atoms with E-state index in [2.05, 4.69) is 15.5 Å². The Hall–Kier alpha value is -1.33. The van der Waals surface area contributed by atoms with Gasteiger partial charge >= 0.3 is 0 Å². The molecule has 0 saturated heterocycles. The molecule has 0 aliphatic heterocycles. The van der Waals surface area contributed by atoms with Gasteiger partial charge in [-0.2, -0.15) is 0 Å². The molecule has 0 unspecified atom stereocenters. The van der Waals surface area contributed by atoms with Gasteiger partial charge in [0.05, 0.1) is 0 Å². The summed E-state index contributed by atoms with van der Waals surface area (Å²) in [5, 5.41) is 11.7. The minimum absolute atomic E-state index is 0.318. The number of furan rings is 1. The third kappa shape index (κ3) is 2.91. The number of halogens is 1. The van der Waals surface area contributed by atoms with Crippen molar-refractivity contribution < 1.29 is 8.83 Å². The Balaban J connectivity index is 1.52. The highest BCUT2D eigenvalue weighted by atomic mass is 35.5. The molecule has 0 atom stereocenters. The van der Waals surface area contributed by atoms with Gasteiger partial charge in [-0.1, -0.05) is 0 Å². The largest absolute Gasteiger partial charge is 0.440 e. The lowest BCUT2D eigenvalue weighted by atomic mass is 10.3. The predicted molar refractivity (Wildman–Crippen MR) is 66.4 cm³/mol. The van der Waals surface area contributed by atoms with Gasteiger partial charge in [0.15, 0.2) is 11.0 Å². The van der Waals surface area contributed by atoms with Gasteiger partial charge in [0.2, 0.25) is 5.89 Å². The third-order valence-corrected chi connectivity index (χ3v) is 3.03. The van der Waals surface area contributed by atoms with Crippen molar-refractivity contribution in [2.24, 2.45) is 0 Å². The summed E-state index contributed by atoms with van der Waals surface area (Å²) >= 11 is 5.69. The number of nitrogens with zero attached hydrogens (tertiary/aromatic N) is 2. The smallest absolute Gasteiger partial charge is 0.283 e. The van der Waals surface area contributed by atoms with Gasteiger partial charge in [-0.3, -0.25) is 0 Å². The predicted octanol–water partition coefficient (Wildman–Crippen LogP) is 2.67. The standard InChI is InChI=1S/C12H14ClN3O2/c13-10-6-5-9(17-10)12-16-15-11(18-12)2-1-7-14-8-3-4-8/h5-6,8,14H,1-4,7H2. The fourth-order valence-corrected chi connectivity index (χ4v) is 1.86. The van der Waals surface area contributed by atoms with Crippen LogP contribution in [-0.2, 0) is 6.42 Å². The third-order valence-electron chi connectivity index (χ3n) is 2.83. The first-order valence-electron chi connectivity index (χ1n) is 6.13. The molecular formula is C12H14ClN3O2. The zero-order chi connectivity index (χ0) is 12.4. The highest BCUT2D eigenvalue weighted by molar-refractivity contribution is 6.28. The van der Waals surface area contributed by atoms with Gasteiger partial charge in [0.1, 0.15) is 0 Å². The molecule has 6 heteroatoms. The van der Waals surface area contributed by atoms with E-state index in [1.54, 1.807) is 12.1 Å². The SMILES string of the molecule is Clc1ccc(-c2nnc(CCCNC3CC3)o2)o1. The Morgan fingerprint density at radius 3 is 2.89 bits per heavy atom. The van der Waals surface area contributed by atoms with Gasteiger partial charge in [-0.05, 0) is 49.5 Å². The Morgan fingerprint density at radius 1 is 1.28 bits per heavy atom. The number of hydrogen-bond acceptors (Lipinski definition) is 5. The van der Waals surface area contributed by atoms with Crippen LogP contribution in [0.1, 0.15) is 25.2 Å². The van der Waals surface area contributed by atoms with Crippen LogP contribution < -0.4 is 5.32 Å². The van der Waals surface area contributed by atoms with Crippen LogP contribution in [0.4, 0.5) is 0 Å². The Morgan fingerprint density at radius 2 is 2.17 bits per heavy atom. The quantitative estimate of drug-likeness (QED) is 0.815. The lowest BCUT2D eigenvalue weighted by Gasteiger charge is -1.99. The zero-order valence-corrected chi connectivity index (χ0v) is 10.6. The highest BCUT2D eigenvalue weighted by Gasteiger charge is 2.19. The lowest BCUT2D eigenvalue weighted by molar-refractivity contribution is 0.471. The molecule has 1 N–H and O–H groups in total.